The molecule has 2 amide bonds. The lowest BCUT2D eigenvalue weighted by Crippen LogP contribution is -2.47. The summed E-state index contributed by atoms with van der Waals surface area (Å²) in [5.41, 5.74) is 1.84. The highest BCUT2D eigenvalue weighted by Crippen LogP contribution is 2.37. The van der Waals surface area contributed by atoms with E-state index in [1.807, 2.05) is 45.0 Å². The Balaban J connectivity index is 2.19. The lowest BCUT2D eigenvalue weighted by molar-refractivity contribution is -0.143. The molecule has 0 aliphatic carbocycles. The second-order valence-electron chi connectivity index (χ2n) is 6.42. The number of rotatable bonds is 5. The number of ether oxygens (including phenoxy) is 1. The molecule has 2 atom stereocenters. The highest BCUT2D eigenvalue weighted by atomic mass is 16.5. The molecule has 0 bridgehead atoms. The summed E-state index contributed by atoms with van der Waals surface area (Å²) in [7, 11) is 0. The standard InChI is InChI=1S/C17H24N2O4/c1-11(2)23-14-7-5-13(6-8-14)17(4)9-10-19(16(17)21)12(3)15(20)18-22/h5-8,11-12,22H,9-10H2,1-4H3,(H,18,20)/t12?,17-/m1/s1. The molecule has 0 spiro atoms. The highest BCUT2D eigenvalue weighted by Gasteiger charge is 2.46. The fraction of sp³-hybridized carbons (Fsp3) is 0.529. The van der Waals surface area contributed by atoms with Crippen LogP contribution in [-0.4, -0.2) is 40.6 Å². The van der Waals surface area contributed by atoms with Gasteiger partial charge < -0.3 is 9.64 Å². The first kappa shape index (κ1) is 17.3. The number of carbonyl (C=O) groups excluding carboxylic acids is 2. The third-order valence-corrected chi connectivity index (χ3v) is 4.41. The molecule has 6 nitrogen and oxygen atoms in total. The average molecular weight is 320 g/mol. The first-order chi connectivity index (χ1) is 10.8. The Morgan fingerprint density at radius 3 is 2.43 bits per heavy atom. The molecule has 2 N–H and O–H groups in total. The largest absolute Gasteiger partial charge is 0.491 e. The number of hydroxylamine groups is 1. The molecule has 0 saturated carbocycles. The van der Waals surface area contributed by atoms with Gasteiger partial charge in [-0.3, -0.25) is 14.8 Å². The lowest BCUT2D eigenvalue weighted by atomic mass is 9.81. The van der Waals surface area contributed by atoms with Crippen LogP contribution in [0.4, 0.5) is 0 Å². The molecule has 126 valence electrons. The van der Waals surface area contributed by atoms with Crippen LogP contribution in [0, 0.1) is 0 Å². The average Bonchev–Trinajstić information content (AvgIpc) is 2.83. The zero-order valence-electron chi connectivity index (χ0n) is 14.0. The summed E-state index contributed by atoms with van der Waals surface area (Å²) in [6.45, 7) is 7.89. The summed E-state index contributed by atoms with van der Waals surface area (Å²) in [5, 5.41) is 8.75. The number of likely N-dealkylation sites (tertiary alicyclic amines) is 1. The maximum absolute atomic E-state index is 12.8. The molecule has 2 rings (SSSR count). The Morgan fingerprint density at radius 2 is 1.91 bits per heavy atom. The molecular weight excluding hydrogens is 296 g/mol. The van der Waals surface area contributed by atoms with E-state index in [4.69, 9.17) is 9.94 Å². The molecule has 1 aliphatic rings. The Kier molecular flexibility index (Phi) is 4.94. The topological polar surface area (TPSA) is 78.9 Å². The van der Waals surface area contributed by atoms with Crippen LogP contribution in [-0.2, 0) is 15.0 Å². The number of hydrogen-bond acceptors (Lipinski definition) is 4. The van der Waals surface area contributed by atoms with Gasteiger partial charge in [0.25, 0.3) is 5.91 Å². The first-order valence-electron chi connectivity index (χ1n) is 7.82. The van der Waals surface area contributed by atoms with E-state index in [9.17, 15) is 9.59 Å². The van der Waals surface area contributed by atoms with Crippen molar-refractivity contribution in [2.45, 2.75) is 51.7 Å². The van der Waals surface area contributed by atoms with Gasteiger partial charge in [-0.05, 0) is 51.8 Å². The van der Waals surface area contributed by atoms with Crippen molar-refractivity contribution in [3.63, 3.8) is 0 Å². The van der Waals surface area contributed by atoms with Gasteiger partial charge in [-0.25, -0.2) is 5.48 Å². The van der Waals surface area contributed by atoms with E-state index in [2.05, 4.69) is 0 Å². The van der Waals surface area contributed by atoms with Crippen LogP contribution in [0.1, 0.15) is 39.7 Å². The minimum absolute atomic E-state index is 0.0953. The number of amides is 2. The van der Waals surface area contributed by atoms with Crippen LogP contribution in [0.5, 0.6) is 5.75 Å². The number of nitrogens with one attached hydrogen (secondary N) is 1. The van der Waals surface area contributed by atoms with Crippen LogP contribution in [0.25, 0.3) is 0 Å². The molecule has 6 heteroatoms. The summed E-state index contributed by atoms with van der Waals surface area (Å²) in [6, 6.07) is 6.82. The smallest absolute Gasteiger partial charge is 0.265 e. The number of benzene rings is 1. The number of carbonyl (C=O) groups is 2. The van der Waals surface area contributed by atoms with Crippen molar-refractivity contribution < 1.29 is 19.5 Å². The fourth-order valence-corrected chi connectivity index (χ4v) is 2.92. The maximum atomic E-state index is 12.8. The molecule has 1 heterocycles. The summed E-state index contributed by atoms with van der Waals surface area (Å²) in [4.78, 5) is 25.9. The van der Waals surface area contributed by atoms with Gasteiger partial charge in [-0.1, -0.05) is 12.1 Å². The number of hydrogen-bond donors (Lipinski definition) is 2. The van der Waals surface area contributed by atoms with Gasteiger partial charge in [0, 0.05) is 6.54 Å². The highest BCUT2D eigenvalue weighted by molar-refractivity contribution is 5.94. The van der Waals surface area contributed by atoms with Crippen molar-refractivity contribution in [1.82, 2.24) is 10.4 Å². The summed E-state index contributed by atoms with van der Waals surface area (Å²) in [5.74, 6) is 0.0806. The predicted octanol–water partition coefficient (Wildman–Crippen LogP) is 1.86. The molecule has 1 aromatic rings. The van der Waals surface area contributed by atoms with E-state index in [0.29, 0.717) is 13.0 Å². The van der Waals surface area contributed by atoms with Gasteiger partial charge >= 0.3 is 0 Å². The van der Waals surface area contributed by atoms with E-state index < -0.39 is 17.4 Å². The van der Waals surface area contributed by atoms with E-state index >= 15 is 0 Å². The predicted molar refractivity (Wildman–Crippen MR) is 85.3 cm³/mol. The van der Waals surface area contributed by atoms with E-state index in [-0.39, 0.29) is 12.0 Å². The Morgan fingerprint density at radius 1 is 1.30 bits per heavy atom. The first-order valence-corrected chi connectivity index (χ1v) is 7.82. The van der Waals surface area contributed by atoms with Crippen molar-refractivity contribution >= 4 is 11.8 Å². The van der Waals surface area contributed by atoms with E-state index in [1.165, 1.54) is 4.90 Å². The summed E-state index contributed by atoms with van der Waals surface area (Å²) < 4.78 is 5.62. The molecule has 1 fully saturated rings. The SMILES string of the molecule is CC(C)Oc1ccc([C@@]2(C)CCN(C(C)C(=O)NO)C2=O)cc1. The van der Waals surface area contributed by atoms with Crippen molar-refractivity contribution in [3.8, 4) is 5.75 Å². The van der Waals surface area contributed by atoms with Gasteiger partial charge in [0.1, 0.15) is 11.8 Å². The molecule has 1 aromatic carbocycles. The van der Waals surface area contributed by atoms with Crippen LogP contribution in [0.15, 0.2) is 24.3 Å². The van der Waals surface area contributed by atoms with Crippen molar-refractivity contribution in [2.75, 3.05) is 6.54 Å². The van der Waals surface area contributed by atoms with Crippen molar-refractivity contribution in [1.29, 1.82) is 0 Å². The lowest BCUT2D eigenvalue weighted by Gasteiger charge is -2.27. The quantitative estimate of drug-likeness (QED) is 0.641. The van der Waals surface area contributed by atoms with Crippen LogP contribution < -0.4 is 10.2 Å². The molecule has 1 unspecified atom stereocenters. The van der Waals surface area contributed by atoms with Gasteiger partial charge in [0.05, 0.1) is 11.5 Å². The van der Waals surface area contributed by atoms with Crippen molar-refractivity contribution in [3.05, 3.63) is 29.8 Å². The molecular formula is C17H24N2O4. The normalized spacial score (nSPS) is 22.3. The molecule has 1 saturated heterocycles. The second-order valence-corrected chi connectivity index (χ2v) is 6.42. The van der Waals surface area contributed by atoms with Crippen LogP contribution >= 0.6 is 0 Å². The van der Waals surface area contributed by atoms with Crippen LogP contribution in [0.3, 0.4) is 0 Å². The van der Waals surface area contributed by atoms with Crippen LogP contribution in [0.2, 0.25) is 0 Å². The summed E-state index contributed by atoms with van der Waals surface area (Å²) >= 11 is 0. The molecule has 0 radical (unpaired) electrons. The zero-order chi connectivity index (χ0) is 17.2. The summed E-state index contributed by atoms with van der Waals surface area (Å²) in [6.07, 6.45) is 0.720. The third kappa shape index (κ3) is 3.32. The third-order valence-electron chi connectivity index (χ3n) is 4.41. The monoisotopic (exact) mass is 320 g/mol. The van der Waals surface area contributed by atoms with Crippen molar-refractivity contribution in [2.24, 2.45) is 0 Å². The number of nitrogens with zero attached hydrogens (tertiary/aromatic N) is 1. The minimum Gasteiger partial charge on any atom is -0.491 e. The van der Waals surface area contributed by atoms with Gasteiger partial charge in [-0.2, -0.15) is 0 Å². The molecule has 23 heavy (non-hydrogen) atoms. The van der Waals surface area contributed by atoms with Gasteiger partial charge in [0.2, 0.25) is 5.91 Å². The zero-order valence-corrected chi connectivity index (χ0v) is 14.0. The second kappa shape index (κ2) is 6.58. The van der Waals surface area contributed by atoms with Gasteiger partial charge in [-0.15, -0.1) is 0 Å². The fourth-order valence-electron chi connectivity index (χ4n) is 2.92. The maximum Gasteiger partial charge on any atom is 0.265 e. The molecule has 0 aromatic heterocycles. The Labute approximate surface area is 136 Å². The minimum atomic E-state index is -0.696. The molecule has 1 aliphatic heterocycles. The van der Waals surface area contributed by atoms with E-state index in [0.717, 1.165) is 11.3 Å². The Bertz CT molecular complexity index is 585. The Hall–Kier alpha value is -2.08. The van der Waals surface area contributed by atoms with Gasteiger partial charge in [0.15, 0.2) is 0 Å². The van der Waals surface area contributed by atoms with E-state index in [1.54, 1.807) is 12.4 Å².